The zero-order valence-corrected chi connectivity index (χ0v) is 16.8. The predicted octanol–water partition coefficient (Wildman–Crippen LogP) is 4.44. The summed E-state index contributed by atoms with van der Waals surface area (Å²) in [7, 11) is -2.19. The van der Waals surface area contributed by atoms with E-state index in [0.29, 0.717) is 5.82 Å². The Morgan fingerprint density at radius 2 is 1.57 bits per heavy atom. The molecule has 28 heavy (non-hydrogen) atoms. The number of aryl methyl sites for hydroxylation is 2. The van der Waals surface area contributed by atoms with E-state index >= 15 is 0 Å². The number of anilines is 1. The highest BCUT2D eigenvalue weighted by Gasteiger charge is 2.27. The molecule has 6 heteroatoms. The van der Waals surface area contributed by atoms with E-state index in [1.807, 2.05) is 66.9 Å². The summed E-state index contributed by atoms with van der Waals surface area (Å²) in [4.78, 5) is 4.95. The number of nitrogens with zero attached hydrogens (tertiary/aromatic N) is 3. The maximum atomic E-state index is 13.3. The van der Waals surface area contributed by atoms with Crippen LogP contribution >= 0.6 is 0 Å². The van der Waals surface area contributed by atoms with Crippen LogP contribution in [0.25, 0.3) is 16.9 Å². The van der Waals surface area contributed by atoms with Crippen LogP contribution in [0, 0.1) is 13.8 Å². The molecular formula is C22H21N3O2S. The highest BCUT2D eigenvalue weighted by Crippen LogP contribution is 2.34. The fourth-order valence-electron chi connectivity index (χ4n) is 3.26. The van der Waals surface area contributed by atoms with E-state index in [-0.39, 0.29) is 4.90 Å². The molecular weight excluding hydrogens is 370 g/mol. The summed E-state index contributed by atoms with van der Waals surface area (Å²) < 4.78 is 29.7. The van der Waals surface area contributed by atoms with Crippen LogP contribution in [-0.4, -0.2) is 24.9 Å². The average Bonchev–Trinajstić information content (AvgIpc) is 3.09. The first-order valence-electron chi connectivity index (χ1n) is 8.98. The molecule has 0 fully saturated rings. The van der Waals surface area contributed by atoms with Gasteiger partial charge in [0, 0.05) is 18.8 Å². The summed E-state index contributed by atoms with van der Waals surface area (Å²) in [6, 6.07) is 20.5. The van der Waals surface area contributed by atoms with E-state index in [0.717, 1.165) is 28.0 Å². The van der Waals surface area contributed by atoms with E-state index < -0.39 is 10.0 Å². The number of fused-ring (bicyclic) bond motifs is 1. The third kappa shape index (κ3) is 2.96. The molecule has 0 atom stereocenters. The van der Waals surface area contributed by atoms with Gasteiger partial charge in [-0.3, -0.25) is 8.71 Å². The Hall–Kier alpha value is -3.12. The SMILES string of the molecule is Cc1ccc(S(=O)(=O)N(C)c2nc3c(C)cccn3c2-c2ccccc2)cc1. The van der Waals surface area contributed by atoms with Crippen molar-refractivity contribution in [2.45, 2.75) is 18.7 Å². The molecule has 0 radical (unpaired) electrons. The van der Waals surface area contributed by atoms with Gasteiger partial charge in [0.25, 0.3) is 10.0 Å². The van der Waals surface area contributed by atoms with E-state index in [1.165, 1.54) is 4.31 Å². The van der Waals surface area contributed by atoms with Gasteiger partial charge in [-0.15, -0.1) is 0 Å². The molecule has 0 unspecified atom stereocenters. The van der Waals surface area contributed by atoms with Crippen molar-refractivity contribution in [2.24, 2.45) is 0 Å². The second kappa shape index (κ2) is 6.80. The van der Waals surface area contributed by atoms with E-state index in [2.05, 4.69) is 0 Å². The van der Waals surface area contributed by atoms with E-state index in [9.17, 15) is 8.42 Å². The first-order chi connectivity index (χ1) is 13.4. The van der Waals surface area contributed by atoms with Crippen LogP contribution in [0.1, 0.15) is 11.1 Å². The van der Waals surface area contributed by atoms with Crippen molar-refractivity contribution in [1.82, 2.24) is 9.38 Å². The van der Waals surface area contributed by atoms with E-state index in [1.54, 1.807) is 31.3 Å². The first kappa shape index (κ1) is 18.3. The van der Waals surface area contributed by atoms with Gasteiger partial charge < -0.3 is 0 Å². The number of pyridine rings is 1. The zero-order chi connectivity index (χ0) is 19.9. The lowest BCUT2D eigenvalue weighted by molar-refractivity contribution is 0.594. The molecule has 2 aromatic carbocycles. The number of imidazole rings is 1. The van der Waals surface area contributed by atoms with Crippen LogP contribution in [0.4, 0.5) is 5.82 Å². The molecule has 0 saturated heterocycles. The Morgan fingerprint density at radius 3 is 2.25 bits per heavy atom. The number of sulfonamides is 1. The summed E-state index contributed by atoms with van der Waals surface area (Å²) in [5.41, 5.74) is 4.38. The van der Waals surface area contributed by atoms with Crippen LogP contribution in [0.5, 0.6) is 0 Å². The van der Waals surface area contributed by atoms with Gasteiger partial charge in [-0.25, -0.2) is 13.4 Å². The van der Waals surface area contributed by atoms with Crippen molar-refractivity contribution in [3.63, 3.8) is 0 Å². The van der Waals surface area contributed by atoms with Gasteiger partial charge in [-0.1, -0.05) is 54.1 Å². The second-order valence-electron chi connectivity index (χ2n) is 6.82. The molecule has 0 saturated carbocycles. The van der Waals surface area contributed by atoms with Crippen molar-refractivity contribution in [3.8, 4) is 11.3 Å². The third-order valence-electron chi connectivity index (χ3n) is 4.85. The molecule has 0 aliphatic carbocycles. The van der Waals surface area contributed by atoms with Crippen molar-refractivity contribution in [3.05, 3.63) is 84.1 Å². The van der Waals surface area contributed by atoms with Gasteiger partial charge in [0.1, 0.15) is 5.65 Å². The second-order valence-corrected chi connectivity index (χ2v) is 8.79. The number of benzene rings is 2. The normalized spacial score (nSPS) is 11.7. The number of hydrogen-bond acceptors (Lipinski definition) is 3. The summed E-state index contributed by atoms with van der Waals surface area (Å²) in [5.74, 6) is 0.404. The molecule has 142 valence electrons. The molecule has 2 heterocycles. The predicted molar refractivity (Wildman–Crippen MR) is 112 cm³/mol. The lowest BCUT2D eigenvalue weighted by Crippen LogP contribution is -2.27. The Labute approximate surface area is 164 Å². The molecule has 0 bridgehead atoms. The lowest BCUT2D eigenvalue weighted by atomic mass is 10.1. The smallest absolute Gasteiger partial charge is 0.265 e. The summed E-state index contributed by atoms with van der Waals surface area (Å²) in [6.07, 6.45) is 1.91. The monoisotopic (exact) mass is 391 g/mol. The molecule has 0 spiro atoms. The highest BCUT2D eigenvalue weighted by molar-refractivity contribution is 7.92. The topological polar surface area (TPSA) is 54.7 Å². The van der Waals surface area contributed by atoms with Crippen LogP contribution in [0.15, 0.2) is 77.8 Å². The molecule has 0 aliphatic rings. The van der Waals surface area contributed by atoms with Crippen LogP contribution in [0.2, 0.25) is 0 Å². The number of hydrogen-bond donors (Lipinski definition) is 0. The van der Waals surface area contributed by atoms with Gasteiger partial charge in [0.05, 0.1) is 10.6 Å². The summed E-state index contributed by atoms with van der Waals surface area (Å²) in [6.45, 7) is 3.90. The van der Waals surface area contributed by atoms with Crippen LogP contribution in [0.3, 0.4) is 0 Å². The van der Waals surface area contributed by atoms with Gasteiger partial charge in [-0.2, -0.15) is 0 Å². The molecule has 2 aromatic heterocycles. The highest BCUT2D eigenvalue weighted by atomic mass is 32.2. The lowest BCUT2D eigenvalue weighted by Gasteiger charge is -2.19. The minimum absolute atomic E-state index is 0.244. The molecule has 0 amide bonds. The number of rotatable bonds is 4. The fourth-order valence-corrected chi connectivity index (χ4v) is 4.41. The average molecular weight is 391 g/mol. The Bertz CT molecular complexity index is 1240. The van der Waals surface area contributed by atoms with Gasteiger partial charge in [0.2, 0.25) is 0 Å². The minimum atomic E-state index is -3.74. The first-order valence-corrected chi connectivity index (χ1v) is 10.4. The molecule has 0 N–H and O–H groups in total. The fraction of sp³-hybridized carbons (Fsp3) is 0.136. The maximum Gasteiger partial charge on any atom is 0.265 e. The van der Waals surface area contributed by atoms with Gasteiger partial charge in [-0.05, 0) is 37.6 Å². The van der Waals surface area contributed by atoms with Gasteiger partial charge >= 0.3 is 0 Å². The molecule has 4 rings (SSSR count). The Balaban J connectivity index is 1.95. The standard InChI is InChI=1S/C22H21N3O2S/c1-16-11-13-19(14-12-16)28(26,27)24(3)22-20(18-9-5-4-6-10-18)25-15-7-8-17(2)21(25)23-22/h4-15H,1-3H3. The van der Waals surface area contributed by atoms with Crippen molar-refractivity contribution >= 4 is 21.5 Å². The van der Waals surface area contributed by atoms with Crippen LogP contribution < -0.4 is 4.31 Å². The minimum Gasteiger partial charge on any atom is -0.297 e. The van der Waals surface area contributed by atoms with Crippen molar-refractivity contribution in [2.75, 3.05) is 11.4 Å². The van der Waals surface area contributed by atoms with Crippen LogP contribution in [-0.2, 0) is 10.0 Å². The largest absolute Gasteiger partial charge is 0.297 e. The maximum absolute atomic E-state index is 13.3. The van der Waals surface area contributed by atoms with E-state index in [4.69, 9.17) is 4.98 Å². The van der Waals surface area contributed by atoms with Crippen molar-refractivity contribution < 1.29 is 8.42 Å². The molecule has 0 aliphatic heterocycles. The number of aromatic nitrogens is 2. The summed E-state index contributed by atoms with van der Waals surface area (Å²) >= 11 is 0. The third-order valence-corrected chi connectivity index (χ3v) is 6.61. The molecule has 4 aromatic rings. The quantitative estimate of drug-likeness (QED) is 0.517. The van der Waals surface area contributed by atoms with Crippen molar-refractivity contribution in [1.29, 1.82) is 0 Å². The molecule has 5 nitrogen and oxygen atoms in total. The Morgan fingerprint density at radius 1 is 0.893 bits per heavy atom. The summed E-state index contributed by atoms with van der Waals surface area (Å²) in [5, 5.41) is 0. The zero-order valence-electron chi connectivity index (χ0n) is 16.0. The van der Waals surface area contributed by atoms with Gasteiger partial charge in [0.15, 0.2) is 5.82 Å². The Kier molecular flexibility index (Phi) is 4.43.